The highest BCUT2D eigenvalue weighted by Crippen LogP contribution is 2.28. The maximum Gasteiger partial charge on any atom is 0.230 e. The molecule has 0 spiro atoms. The van der Waals surface area contributed by atoms with Crippen LogP contribution in [0.4, 0.5) is 0 Å². The number of nitrogens with one attached hydrogen (secondary N) is 1. The Balaban J connectivity index is 1.19. The quantitative estimate of drug-likeness (QED) is 0.322. The van der Waals surface area contributed by atoms with Gasteiger partial charge in [-0.1, -0.05) is 42.1 Å². The van der Waals surface area contributed by atoms with Crippen LogP contribution in [0.25, 0.3) is 17.0 Å². The van der Waals surface area contributed by atoms with Crippen molar-refractivity contribution in [3.63, 3.8) is 0 Å². The number of thioether (sulfide) groups is 1. The number of aromatic nitrogens is 5. The molecule has 5 aromatic rings. The average Bonchev–Trinajstić information content (AvgIpc) is 3.56. The van der Waals surface area contributed by atoms with Gasteiger partial charge in [0.05, 0.1) is 12.0 Å². The predicted molar refractivity (Wildman–Crippen MR) is 129 cm³/mol. The highest BCUT2D eigenvalue weighted by molar-refractivity contribution is 7.99. The molecule has 1 amide bonds. The molecule has 0 fully saturated rings. The van der Waals surface area contributed by atoms with Crippen LogP contribution in [0.5, 0.6) is 0 Å². The Hall–Kier alpha value is -3.98. The lowest BCUT2D eigenvalue weighted by atomic mass is 9.93. The van der Waals surface area contributed by atoms with Gasteiger partial charge in [0.25, 0.3) is 0 Å². The summed E-state index contributed by atoms with van der Waals surface area (Å²) in [5, 5.41) is 16.7. The largest absolute Gasteiger partial charge is 0.469 e. The summed E-state index contributed by atoms with van der Waals surface area (Å²) >= 11 is 1.37. The number of carbonyl (C=O) groups is 1. The second-order valence-electron chi connectivity index (χ2n) is 7.61. The van der Waals surface area contributed by atoms with Crippen LogP contribution in [-0.2, 0) is 4.79 Å². The molecule has 1 N–H and O–H groups in total. The van der Waals surface area contributed by atoms with Gasteiger partial charge in [0.1, 0.15) is 10.8 Å². The second kappa shape index (κ2) is 10.3. The molecule has 4 heterocycles. The van der Waals surface area contributed by atoms with Crippen molar-refractivity contribution in [3.8, 4) is 11.4 Å². The molecule has 4 aromatic heterocycles. The summed E-state index contributed by atoms with van der Waals surface area (Å²) in [5.74, 6) is 1.81. The SMILES string of the molecule is O=C(CSc1ccc2nnc(-c3cccnc3)n2n1)NCCC(c1ccccc1)c1ccco1. The van der Waals surface area contributed by atoms with Crippen molar-refractivity contribution in [2.45, 2.75) is 17.4 Å². The number of pyridine rings is 1. The van der Waals surface area contributed by atoms with E-state index in [9.17, 15) is 4.79 Å². The van der Waals surface area contributed by atoms with Crippen molar-refractivity contribution in [2.75, 3.05) is 12.3 Å². The van der Waals surface area contributed by atoms with Gasteiger partial charge in [-0.2, -0.15) is 9.61 Å². The standard InChI is InChI=1S/C25H22N6O2S/c32-23(27-14-12-20(21-9-5-15-33-21)18-6-2-1-3-7-18)17-34-24-11-10-22-28-29-25(31(22)30-24)19-8-4-13-26-16-19/h1-11,13,15-16,20H,12,14,17H2,(H,27,32). The number of amides is 1. The summed E-state index contributed by atoms with van der Waals surface area (Å²) in [6.45, 7) is 0.544. The van der Waals surface area contributed by atoms with Gasteiger partial charge >= 0.3 is 0 Å². The lowest BCUT2D eigenvalue weighted by molar-refractivity contribution is -0.118. The van der Waals surface area contributed by atoms with Crippen LogP contribution in [0, 0.1) is 0 Å². The van der Waals surface area contributed by atoms with E-state index in [4.69, 9.17) is 4.42 Å². The molecule has 1 aromatic carbocycles. The second-order valence-corrected chi connectivity index (χ2v) is 8.61. The number of furan rings is 1. The highest BCUT2D eigenvalue weighted by Gasteiger charge is 2.17. The Morgan fingerprint density at radius 3 is 2.74 bits per heavy atom. The van der Waals surface area contributed by atoms with Crippen molar-refractivity contribution in [1.29, 1.82) is 0 Å². The molecule has 1 unspecified atom stereocenters. The first kappa shape index (κ1) is 21.8. The molecule has 0 bridgehead atoms. The minimum absolute atomic E-state index is 0.0469. The smallest absolute Gasteiger partial charge is 0.230 e. The third-order valence-electron chi connectivity index (χ3n) is 5.35. The number of rotatable bonds is 9. The summed E-state index contributed by atoms with van der Waals surface area (Å²) in [6.07, 6.45) is 5.85. The highest BCUT2D eigenvalue weighted by atomic mass is 32.2. The van der Waals surface area contributed by atoms with Crippen LogP contribution in [0.3, 0.4) is 0 Å². The third kappa shape index (κ3) is 4.99. The Morgan fingerprint density at radius 2 is 1.94 bits per heavy atom. The monoisotopic (exact) mass is 470 g/mol. The van der Waals surface area contributed by atoms with Crippen molar-refractivity contribution >= 4 is 23.3 Å². The maximum absolute atomic E-state index is 12.5. The fourth-order valence-corrected chi connectivity index (χ4v) is 4.40. The molecule has 170 valence electrons. The van der Waals surface area contributed by atoms with Gasteiger partial charge in [-0.05, 0) is 48.4 Å². The van der Waals surface area contributed by atoms with Crippen LogP contribution in [0.2, 0.25) is 0 Å². The number of hydrogen-bond acceptors (Lipinski definition) is 7. The molecule has 0 aliphatic rings. The topological polar surface area (TPSA) is 98.2 Å². The lowest BCUT2D eigenvalue weighted by Gasteiger charge is -2.15. The Kier molecular flexibility index (Phi) is 6.62. The van der Waals surface area contributed by atoms with Gasteiger partial charge in [-0.15, -0.1) is 10.2 Å². The van der Waals surface area contributed by atoms with Crippen molar-refractivity contribution in [1.82, 2.24) is 30.1 Å². The molecule has 8 nitrogen and oxygen atoms in total. The first-order valence-corrected chi connectivity index (χ1v) is 11.9. The van der Waals surface area contributed by atoms with E-state index in [2.05, 4.69) is 37.7 Å². The predicted octanol–water partition coefficient (Wildman–Crippen LogP) is 4.21. The molecule has 0 saturated carbocycles. The summed E-state index contributed by atoms with van der Waals surface area (Å²) in [6, 6.07) is 21.5. The van der Waals surface area contributed by atoms with Crippen LogP contribution < -0.4 is 5.32 Å². The van der Waals surface area contributed by atoms with Crippen LogP contribution in [-0.4, -0.2) is 43.0 Å². The van der Waals surface area contributed by atoms with E-state index in [1.54, 1.807) is 23.2 Å². The van der Waals surface area contributed by atoms with E-state index in [1.165, 1.54) is 11.8 Å². The minimum atomic E-state index is -0.0469. The van der Waals surface area contributed by atoms with Gasteiger partial charge < -0.3 is 9.73 Å². The van der Waals surface area contributed by atoms with E-state index < -0.39 is 0 Å². The number of nitrogens with zero attached hydrogens (tertiary/aromatic N) is 5. The maximum atomic E-state index is 12.5. The Bertz CT molecular complexity index is 1360. The van der Waals surface area contributed by atoms with Gasteiger partial charge in [0.2, 0.25) is 5.91 Å². The van der Waals surface area contributed by atoms with Gasteiger partial charge in [0.15, 0.2) is 11.5 Å². The molecule has 0 saturated heterocycles. The normalized spacial score (nSPS) is 12.0. The fourth-order valence-electron chi connectivity index (χ4n) is 3.72. The lowest BCUT2D eigenvalue weighted by Crippen LogP contribution is -2.27. The minimum Gasteiger partial charge on any atom is -0.469 e. The molecule has 34 heavy (non-hydrogen) atoms. The van der Waals surface area contributed by atoms with Crippen LogP contribution in [0.15, 0.2) is 94.8 Å². The first-order valence-electron chi connectivity index (χ1n) is 10.9. The number of benzene rings is 1. The molecule has 0 aliphatic heterocycles. The third-order valence-corrected chi connectivity index (χ3v) is 6.27. The fraction of sp³-hybridized carbons (Fsp3) is 0.160. The Labute approximate surface area is 200 Å². The molecule has 5 rings (SSSR count). The number of hydrogen-bond donors (Lipinski definition) is 1. The number of carbonyl (C=O) groups excluding carboxylic acids is 1. The Morgan fingerprint density at radius 1 is 1.03 bits per heavy atom. The zero-order valence-corrected chi connectivity index (χ0v) is 19.1. The van der Waals surface area contributed by atoms with Crippen molar-refractivity contribution in [3.05, 3.63) is 96.7 Å². The van der Waals surface area contributed by atoms with E-state index in [1.807, 2.05) is 54.6 Å². The zero-order chi connectivity index (χ0) is 23.2. The van der Waals surface area contributed by atoms with E-state index >= 15 is 0 Å². The van der Waals surface area contributed by atoms with Crippen LogP contribution >= 0.6 is 11.8 Å². The summed E-state index contributed by atoms with van der Waals surface area (Å²) in [4.78, 5) is 16.6. The summed E-state index contributed by atoms with van der Waals surface area (Å²) in [5.41, 5.74) is 2.63. The van der Waals surface area contributed by atoms with E-state index in [0.717, 1.165) is 23.3 Å². The molecule has 0 radical (unpaired) electrons. The summed E-state index contributed by atoms with van der Waals surface area (Å²) in [7, 11) is 0. The van der Waals surface area contributed by atoms with Crippen molar-refractivity contribution in [2.24, 2.45) is 0 Å². The van der Waals surface area contributed by atoms with E-state index in [0.29, 0.717) is 23.0 Å². The molecule has 1 atom stereocenters. The molecule has 0 aliphatic carbocycles. The van der Waals surface area contributed by atoms with Crippen LogP contribution in [0.1, 0.15) is 23.7 Å². The van der Waals surface area contributed by atoms with Crippen molar-refractivity contribution < 1.29 is 9.21 Å². The summed E-state index contributed by atoms with van der Waals surface area (Å²) < 4.78 is 7.31. The molecular weight excluding hydrogens is 448 g/mol. The average molecular weight is 471 g/mol. The first-order chi connectivity index (χ1) is 16.8. The van der Waals surface area contributed by atoms with Gasteiger partial charge in [0, 0.05) is 30.4 Å². The number of fused-ring (bicyclic) bond motifs is 1. The van der Waals surface area contributed by atoms with Gasteiger partial charge in [-0.25, -0.2) is 0 Å². The van der Waals surface area contributed by atoms with Gasteiger partial charge in [-0.3, -0.25) is 9.78 Å². The zero-order valence-electron chi connectivity index (χ0n) is 18.2. The van der Waals surface area contributed by atoms with E-state index in [-0.39, 0.29) is 17.6 Å². The molecule has 9 heteroatoms. The molecular formula is C25H22N6O2S.